The van der Waals surface area contributed by atoms with Crippen LogP contribution in [-0.2, 0) is 0 Å². The van der Waals surface area contributed by atoms with Gasteiger partial charge in [-0.1, -0.05) is 32.0 Å². The summed E-state index contributed by atoms with van der Waals surface area (Å²) in [6, 6.07) is 13.0. The predicted octanol–water partition coefficient (Wildman–Crippen LogP) is 4.77. The van der Waals surface area contributed by atoms with Gasteiger partial charge in [0.05, 0.1) is 4.92 Å². The fraction of sp³-hybridized carbons (Fsp3) is 0.250. The minimum absolute atomic E-state index is 0.0944. The predicted molar refractivity (Wildman–Crippen MR) is 81.6 cm³/mol. The molecule has 0 aliphatic carbocycles. The summed E-state index contributed by atoms with van der Waals surface area (Å²) in [6.07, 6.45) is 0. The Kier molecular flexibility index (Phi) is 4.03. The van der Waals surface area contributed by atoms with E-state index in [9.17, 15) is 10.1 Å². The zero-order valence-corrected chi connectivity index (χ0v) is 11.9. The first-order chi connectivity index (χ1) is 9.47. The number of rotatable bonds is 4. The first kappa shape index (κ1) is 14.1. The first-order valence-electron chi connectivity index (χ1n) is 6.59. The number of benzene rings is 2. The molecule has 0 saturated carbocycles. The van der Waals surface area contributed by atoms with Gasteiger partial charge in [0, 0.05) is 23.5 Å². The molecule has 4 heteroatoms. The molecule has 2 rings (SSSR count). The third-order valence-electron chi connectivity index (χ3n) is 3.29. The van der Waals surface area contributed by atoms with Crippen LogP contribution in [0.1, 0.15) is 30.9 Å². The van der Waals surface area contributed by atoms with Gasteiger partial charge in [-0.3, -0.25) is 10.1 Å². The number of aryl methyl sites for hydroxylation is 1. The largest absolute Gasteiger partial charge is 0.355 e. The monoisotopic (exact) mass is 270 g/mol. The molecule has 2 aromatic carbocycles. The van der Waals surface area contributed by atoms with Crippen LogP contribution in [0.4, 0.5) is 17.1 Å². The highest BCUT2D eigenvalue weighted by atomic mass is 16.6. The van der Waals surface area contributed by atoms with Gasteiger partial charge in [-0.15, -0.1) is 0 Å². The number of nitrogens with zero attached hydrogens (tertiary/aromatic N) is 1. The maximum absolute atomic E-state index is 10.8. The summed E-state index contributed by atoms with van der Waals surface area (Å²) in [6.45, 7) is 6.22. The van der Waals surface area contributed by atoms with E-state index in [1.807, 2.05) is 19.1 Å². The van der Waals surface area contributed by atoms with Crippen LogP contribution in [0.25, 0.3) is 0 Å². The lowest BCUT2D eigenvalue weighted by atomic mass is 10.0. The van der Waals surface area contributed by atoms with Crippen LogP contribution in [0.5, 0.6) is 0 Å². The van der Waals surface area contributed by atoms with Gasteiger partial charge in [0.1, 0.15) is 0 Å². The van der Waals surface area contributed by atoms with Crippen LogP contribution in [-0.4, -0.2) is 4.92 Å². The molecule has 0 unspecified atom stereocenters. The van der Waals surface area contributed by atoms with Crippen molar-refractivity contribution in [2.45, 2.75) is 26.7 Å². The Bertz CT molecular complexity index is 619. The molecule has 2 aromatic rings. The normalized spacial score (nSPS) is 10.6. The van der Waals surface area contributed by atoms with E-state index in [0.29, 0.717) is 5.92 Å². The fourth-order valence-corrected chi connectivity index (χ4v) is 1.97. The molecule has 104 valence electrons. The second kappa shape index (κ2) is 5.74. The number of hydrogen-bond donors (Lipinski definition) is 1. The van der Waals surface area contributed by atoms with Crippen molar-refractivity contribution in [3.05, 3.63) is 63.7 Å². The molecule has 0 aliphatic rings. The molecule has 0 saturated heterocycles. The van der Waals surface area contributed by atoms with Gasteiger partial charge in [-0.25, -0.2) is 0 Å². The highest BCUT2D eigenvalue weighted by molar-refractivity contribution is 5.66. The molecule has 0 heterocycles. The van der Waals surface area contributed by atoms with Crippen LogP contribution < -0.4 is 5.32 Å². The summed E-state index contributed by atoms with van der Waals surface area (Å²) in [5.74, 6) is 0.489. The summed E-state index contributed by atoms with van der Waals surface area (Å²) >= 11 is 0. The van der Waals surface area contributed by atoms with Gasteiger partial charge < -0.3 is 5.32 Å². The zero-order valence-electron chi connectivity index (χ0n) is 11.9. The van der Waals surface area contributed by atoms with E-state index in [4.69, 9.17) is 0 Å². The third kappa shape index (κ3) is 3.15. The Balaban J connectivity index is 2.25. The quantitative estimate of drug-likeness (QED) is 0.643. The van der Waals surface area contributed by atoms with Gasteiger partial charge in [-0.05, 0) is 36.1 Å². The van der Waals surface area contributed by atoms with E-state index in [0.717, 1.165) is 16.9 Å². The molecule has 0 bridgehead atoms. The second-order valence-electron chi connectivity index (χ2n) is 5.16. The van der Waals surface area contributed by atoms with Crippen molar-refractivity contribution < 1.29 is 4.92 Å². The molecule has 0 aromatic heterocycles. The molecule has 0 amide bonds. The zero-order chi connectivity index (χ0) is 14.7. The van der Waals surface area contributed by atoms with Gasteiger partial charge in [0.25, 0.3) is 5.69 Å². The van der Waals surface area contributed by atoms with E-state index in [1.165, 1.54) is 11.6 Å². The molecular weight excluding hydrogens is 252 g/mol. The van der Waals surface area contributed by atoms with Gasteiger partial charge in [-0.2, -0.15) is 0 Å². The van der Waals surface area contributed by atoms with Crippen molar-refractivity contribution >= 4 is 17.1 Å². The molecule has 0 atom stereocenters. The highest BCUT2D eigenvalue weighted by Gasteiger charge is 2.09. The Hall–Kier alpha value is -2.36. The standard InChI is InChI=1S/C16H18N2O2/c1-11(2)13-5-7-14(8-6-13)17-16-10-15(18(19)20)9-4-12(16)3/h4-11,17H,1-3H3. The summed E-state index contributed by atoms with van der Waals surface area (Å²) in [7, 11) is 0. The van der Waals surface area contributed by atoms with Gasteiger partial charge in [0.2, 0.25) is 0 Å². The number of non-ortho nitro benzene ring substituents is 1. The molecule has 4 nitrogen and oxygen atoms in total. The maximum atomic E-state index is 10.8. The molecule has 20 heavy (non-hydrogen) atoms. The number of hydrogen-bond acceptors (Lipinski definition) is 3. The van der Waals surface area contributed by atoms with Crippen molar-refractivity contribution in [2.24, 2.45) is 0 Å². The average molecular weight is 270 g/mol. The van der Waals surface area contributed by atoms with Crippen LogP contribution >= 0.6 is 0 Å². The molecule has 0 fully saturated rings. The molecule has 0 spiro atoms. The second-order valence-corrected chi connectivity index (χ2v) is 5.16. The highest BCUT2D eigenvalue weighted by Crippen LogP contribution is 2.26. The summed E-state index contributed by atoms with van der Waals surface area (Å²) in [4.78, 5) is 10.4. The number of nitro groups is 1. The number of nitrogens with one attached hydrogen (secondary N) is 1. The Morgan fingerprint density at radius 3 is 2.30 bits per heavy atom. The van der Waals surface area contributed by atoms with E-state index in [-0.39, 0.29) is 10.6 Å². The van der Waals surface area contributed by atoms with E-state index in [2.05, 4.69) is 31.3 Å². The molecule has 0 aliphatic heterocycles. The van der Waals surface area contributed by atoms with E-state index < -0.39 is 0 Å². The SMILES string of the molecule is Cc1ccc([N+](=O)[O-])cc1Nc1ccc(C(C)C)cc1. The first-order valence-corrected chi connectivity index (χ1v) is 6.59. The summed E-state index contributed by atoms with van der Waals surface area (Å²) in [5, 5.41) is 14.0. The summed E-state index contributed by atoms with van der Waals surface area (Å²) < 4.78 is 0. The number of nitro benzene ring substituents is 1. The van der Waals surface area contributed by atoms with Crippen LogP contribution in [0, 0.1) is 17.0 Å². The van der Waals surface area contributed by atoms with Crippen molar-refractivity contribution in [3.63, 3.8) is 0 Å². The Labute approximate surface area is 118 Å². The molecular formula is C16H18N2O2. The Morgan fingerprint density at radius 1 is 1.10 bits per heavy atom. The van der Waals surface area contributed by atoms with Crippen LogP contribution in [0.3, 0.4) is 0 Å². The lowest BCUT2D eigenvalue weighted by molar-refractivity contribution is -0.384. The fourth-order valence-electron chi connectivity index (χ4n) is 1.97. The lowest BCUT2D eigenvalue weighted by Crippen LogP contribution is -1.96. The van der Waals surface area contributed by atoms with Crippen molar-refractivity contribution in [2.75, 3.05) is 5.32 Å². The molecule has 0 radical (unpaired) electrons. The van der Waals surface area contributed by atoms with Crippen LogP contribution in [0.15, 0.2) is 42.5 Å². The third-order valence-corrected chi connectivity index (χ3v) is 3.29. The lowest BCUT2D eigenvalue weighted by Gasteiger charge is -2.11. The van der Waals surface area contributed by atoms with Crippen molar-refractivity contribution in [1.82, 2.24) is 0 Å². The van der Waals surface area contributed by atoms with Gasteiger partial charge >= 0.3 is 0 Å². The van der Waals surface area contributed by atoms with Crippen LogP contribution in [0.2, 0.25) is 0 Å². The maximum Gasteiger partial charge on any atom is 0.271 e. The van der Waals surface area contributed by atoms with E-state index in [1.54, 1.807) is 12.1 Å². The average Bonchev–Trinajstić information content (AvgIpc) is 2.41. The molecule has 1 N–H and O–H groups in total. The van der Waals surface area contributed by atoms with E-state index >= 15 is 0 Å². The topological polar surface area (TPSA) is 55.2 Å². The van der Waals surface area contributed by atoms with Crippen molar-refractivity contribution in [3.8, 4) is 0 Å². The van der Waals surface area contributed by atoms with Crippen molar-refractivity contribution in [1.29, 1.82) is 0 Å². The minimum Gasteiger partial charge on any atom is -0.355 e. The smallest absolute Gasteiger partial charge is 0.271 e. The Morgan fingerprint density at radius 2 is 1.75 bits per heavy atom. The minimum atomic E-state index is -0.382. The number of anilines is 2. The summed E-state index contributed by atoms with van der Waals surface area (Å²) in [5.41, 5.74) is 4.03. The van der Waals surface area contributed by atoms with Gasteiger partial charge in [0.15, 0.2) is 0 Å².